The predicted octanol–water partition coefficient (Wildman–Crippen LogP) is 2.99. The number of methoxy groups -OCH3 is 1. The lowest BCUT2D eigenvalue weighted by Crippen LogP contribution is -2.09. The number of hydrogen-bond acceptors (Lipinski definition) is 5. The summed E-state index contributed by atoms with van der Waals surface area (Å²) >= 11 is 0. The lowest BCUT2D eigenvalue weighted by Gasteiger charge is -2.10. The summed E-state index contributed by atoms with van der Waals surface area (Å²) in [7, 11) is 1.31. The summed E-state index contributed by atoms with van der Waals surface area (Å²) in [6, 6.07) is 13.3. The standard InChI is InChI=1S/C15H14N2O4/c1-21-15(18)12-7-3-2-6-11(12)10-16-13-8-4-5-9-14(13)17(19)20/h2-9,16H,10H2,1H3. The molecule has 1 N–H and O–H groups in total. The third kappa shape index (κ3) is 3.36. The summed E-state index contributed by atoms with van der Waals surface area (Å²) in [5.74, 6) is -0.435. The van der Waals surface area contributed by atoms with Gasteiger partial charge in [0, 0.05) is 12.6 Å². The van der Waals surface area contributed by atoms with Crippen LogP contribution in [0.2, 0.25) is 0 Å². The summed E-state index contributed by atoms with van der Waals surface area (Å²) in [5.41, 5.74) is 1.55. The second-order valence-corrected chi connectivity index (χ2v) is 4.28. The van der Waals surface area contributed by atoms with E-state index in [9.17, 15) is 14.9 Å². The van der Waals surface area contributed by atoms with Crippen LogP contribution in [0.1, 0.15) is 15.9 Å². The Bertz CT molecular complexity index is 670. The van der Waals surface area contributed by atoms with Crippen molar-refractivity contribution >= 4 is 17.3 Å². The number of nitrogens with zero attached hydrogens (tertiary/aromatic N) is 1. The van der Waals surface area contributed by atoms with Crippen molar-refractivity contribution in [2.24, 2.45) is 0 Å². The molecular formula is C15H14N2O4. The van der Waals surface area contributed by atoms with Crippen molar-refractivity contribution in [3.05, 3.63) is 69.8 Å². The van der Waals surface area contributed by atoms with E-state index in [1.54, 1.807) is 42.5 Å². The molecule has 0 saturated carbocycles. The molecule has 0 atom stereocenters. The van der Waals surface area contributed by atoms with E-state index in [-0.39, 0.29) is 12.2 Å². The van der Waals surface area contributed by atoms with Crippen molar-refractivity contribution in [3.63, 3.8) is 0 Å². The molecule has 0 amide bonds. The van der Waals surface area contributed by atoms with Gasteiger partial charge in [0.1, 0.15) is 5.69 Å². The van der Waals surface area contributed by atoms with Gasteiger partial charge in [-0.3, -0.25) is 10.1 Å². The summed E-state index contributed by atoms with van der Waals surface area (Å²) in [4.78, 5) is 22.2. The van der Waals surface area contributed by atoms with Gasteiger partial charge in [-0.2, -0.15) is 0 Å². The highest BCUT2D eigenvalue weighted by Gasteiger charge is 2.14. The average Bonchev–Trinajstić information content (AvgIpc) is 2.52. The molecule has 0 fully saturated rings. The van der Waals surface area contributed by atoms with Crippen molar-refractivity contribution in [1.82, 2.24) is 0 Å². The van der Waals surface area contributed by atoms with E-state index in [0.717, 1.165) is 0 Å². The molecule has 0 heterocycles. The molecule has 0 aliphatic rings. The number of nitro groups is 1. The summed E-state index contributed by atoms with van der Waals surface area (Å²) in [5, 5.41) is 13.9. The molecule has 0 saturated heterocycles. The normalized spacial score (nSPS) is 9.95. The van der Waals surface area contributed by atoms with E-state index in [1.165, 1.54) is 13.2 Å². The Kier molecular flexibility index (Phi) is 4.50. The third-order valence-corrected chi connectivity index (χ3v) is 2.99. The van der Waals surface area contributed by atoms with Crippen molar-refractivity contribution in [1.29, 1.82) is 0 Å². The Morgan fingerprint density at radius 2 is 1.86 bits per heavy atom. The maximum absolute atomic E-state index is 11.7. The maximum Gasteiger partial charge on any atom is 0.338 e. The number of carbonyl (C=O) groups excluding carboxylic acids is 1. The zero-order valence-corrected chi connectivity index (χ0v) is 11.4. The van der Waals surface area contributed by atoms with Gasteiger partial charge >= 0.3 is 5.97 Å². The highest BCUT2D eigenvalue weighted by molar-refractivity contribution is 5.91. The van der Waals surface area contributed by atoms with E-state index in [2.05, 4.69) is 5.32 Å². The van der Waals surface area contributed by atoms with E-state index >= 15 is 0 Å². The second-order valence-electron chi connectivity index (χ2n) is 4.28. The number of nitro benzene ring substituents is 1. The molecular weight excluding hydrogens is 272 g/mol. The Hall–Kier alpha value is -2.89. The van der Waals surface area contributed by atoms with Gasteiger partial charge in [-0.15, -0.1) is 0 Å². The van der Waals surface area contributed by atoms with Gasteiger partial charge in [0.15, 0.2) is 0 Å². The first-order valence-electron chi connectivity index (χ1n) is 6.27. The molecule has 2 aromatic rings. The lowest BCUT2D eigenvalue weighted by atomic mass is 10.1. The SMILES string of the molecule is COC(=O)c1ccccc1CNc1ccccc1[N+](=O)[O-]. The van der Waals surface area contributed by atoms with Crippen LogP contribution in [-0.4, -0.2) is 18.0 Å². The first-order valence-corrected chi connectivity index (χ1v) is 6.27. The molecule has 108 valence electrons. The Labute approximate surface area is 121 Å². The molecule has 0 spiro atoms. The summed E-state index contributed by atoms with van der Waals surface area (Å²) < 4.78 is 4.72. The van der Waals surface area contributed by atoms with Gasteiger partial charge in [0.05, 0.1) is 17.6 Å². The number of carbonyl (C=O) groups is 1. The quantitative estimate of drug-likeness (QED) is 0.519. The van der Waals surface area contributed by atoms with Crippen LogP contribution in [-0.2, 0) is 11.3 Å². The molecule has 2 aromatic carbocycles. The molecule has 0 unspecified atom stereocenters. The first-order chi connectivity index (χ1) is 10.1. The van der Waals surface area contributed by atoms with Crippen LogP contribution in [0.25, 0.3) is 0 Å². The van der Waals surface area contributed by atoms with E-state index in [4.69, 9.17) is 4.74 Å². The first kappa shape index (κ1) is 14.5. The van der Waals surface area contributed by atoms with E-state index in [1.807, 2.05) is 0 Å². The van der Waals surface area contributed by atoms with Crippen molar-refractivity contribution < 1.29 is 14.5 Å². The van der Waals surface area contributed by atoms with Crippen LogP contribution < -0.4 is 5.32 Å². The van der Waals surface area contributed by atoms with E-state index < -0.39 is 10.9 Å². The molecule has 0 radical (unpaired) electrons. The van der Waals surface area contributed by atoms with E-state index in [0.29, 0.717) is 16.8 Å². The molecule has 0 bridgehead atoms. The van der Waals surface area contributed by atoms with Gasteiger partial charge in [0.2, 0.25) is 0 Å². The second kappa shape index (κ2) is 6.51. The molecule has 21 heavy (non-hydrogen) atoms. The number of esters is 1. The smallest absolute Gasteiger partial charge is 0.338 e. The number of ether oxygens (including phenoxy) is 1. The van der Waals surface area contributed by atoms with Gasteiger partial charge in [-0.25, -0.2) is 4.79 Å². The van der Waals surface area contributed by atoms with Crippen molar-refractivity contribution in [2.45, 2.75) is 6.54 Å². The third-order valence-electron chi connectivity index (χ3n) is 2.99. The number of hydrogen-bond donors (Lipinski definition) is 1. The number of anilines is 1. The molecule has 6 nitrogen and oxygen atoms in total. The molecule has 0 aliphatic heterocycles. The van der Waals surface area contributed by atoms with Crippen LogP contribution in [0.15, 0.2) is 48.5 Å². The van der Waals surface area contributed by atoms with Crippen LogP contribution in [0.4, 0.5) is 11.4 Å². The Morgan fingerprint density at radius 1 is 1.19 bits per heavy atom. The monoisotopic (exact) mass is 286 g/mol. The van der Waals surface area contributed by atoms with Crippen LogP contribution in [0.3, 0.4) is 0 Å². The van der Waals surface area contributed by atoms with Crippen molar-refractivity contribution in [3.8, 4) is 0 Å². The highest BCUT2D eigenvalue weighted by Crippen LogP contribution is 2.24. The fourth-order valence-electron chi connectivity index (χ4n) is 1.96. The lowest BCUT2D eigenvalue weighted by molar-refractivity contribution is -0.384. The van der Waals surface area contributed by atoms with Crippen LogP contribution in [0, 0.1) is 10.1 Å². The number of nitrogens with one attached hydrogen (secondary N) is 1. The molecule has 6 heteroatoms. The highest BCUT2D eigenvalue weighted by atomic mass is 16.6. The predicted molar refractivity (Wildman–Crippen MR) is 78.2 cm³/mol. The Morgan fingerprint density at radius 3 is 2.57 bits per heavy atom. The minimum absolute atomic E-state index is 0.00644. The fraction of sp³-hybridized carbons (Fsp3) is 0.133. The number of rotatable bonds is 5. The van der Waals surface area contributed by atoms with Gasteiger partial charge in [0.25, 0.3) is 5.69 Å². The average molecular weight is 286 g/mol. The Balaban J connectivity index is 2.21. The topological polar surface area (TPSA) is 81.5 Å². The van der Waals surface area contributed by atoms with Gasteiger partial charge in [-0.1, -0.05) is 30.3 Å². The largest absolute Gasteiger partial charge is 0.465 e. The number of benzene rings is 2. The molecule has 2 rings (SSSR count). The van der Waals surface area contributed by atoms with Gasteiger partial charge in [-0.05, 0) is 17.7 Å². The fourth-order valence-corrected chi connectivity index (χ4v) is 1.96. The maximum atomic E-state index is 11.7. The number of para-hydroxylation sites is 2. The van der Waals surface area contributed by atoms with Crippen LogP contribution >= 0.6 is 0 Å². The molecule has 0 aromatic heterocycles. The minimum atomic E-state index is -0.450. The van der Waals surface area contributed by atoms with Crippen LogP contribution in [0.5, 0.6) is 0 Å². The summed E-state index contributed by atoms with van der Waals surface area (Å²) in [6.45, 7) is 0.288. The summed E-state index contributed by atoms with van der Waals surface area (Å²) in [6.07, 6.45) is 0. The zero-order valence-electron chi connectivity index (χ0n) is 11.4. The van der Waals surface area contributed by atoms with Crippen molar-refractivity contribution in [2.75, 3.05) is 12.4 Å². The molecule has 0 aliphatic carbocycles. The van der Waals surface area contributed by atoms with Gasteiger partial charge < -0.3 is 10.1 Å². The minimum Gasteiger partial charge on any atom is -0.465 e. The zero-order chi connectivity index (χ0) is 15.2.